The highest BCUT2D eigenvalue weighted by Crippen LogP contribution is 2.33. The van der Waals surface area contributed by atoms with Gasteiger partial charge in [-0.25, -0.2) is 9.67 Å². The number of amidine groups is 1. The Morgan fingerprint density at radius 2 is 1.83 bits per heavy atom. The summed E-state index contributed by atoms with van der Waals surface area (Å²) in [6, 6.07) is 16.1. The number of benzene rings is 2. The molecule has 1 saturated heterocycles. The van der Waals surface area contributed by atoms with Crippen LogP contribution in [-0.4, -0.2) is 44.9 Å². The maximum absolute atomic E-state index is 13.3. The van der Waals surface area contributed by atoms with E-state index in [-0.39, 0.29) is 28.6 Å². The molecule has 0 spiro atoms. The number of aromatic nitrogens is 2. The highest BCUT2D eigenvalue weighted by molar-refractivity contribution is 8.18. The number of hydrogen-bond acceptors (Lipinski definition) is 6. The first kappa shape index (κ1) is 24.8. The molecule has 36 heavy (non-hydrogen) atoms. The van der Waals surface area contributed by atoms with Gasteiger partial charge in [0.1, 0.15) is 5.75 Å². The maximum Gasteiger partial charge on any atom is 0.297 e. The number of anilines is 1. The fourth-order valence-electron chi connectivity index (χ4n) is 3.63. The fourth-order valence-corrected chi connectivity index (χ4v) is 4.60. The summed E-state index contributed by atoms with van der Waals surface area (Å²) in [5.41, 5.74) is 1.81. The molecule has 1 aliphatic heterocycles. The zero-order chi connectivity index (χ0) is 25.8. The van der Waals surface area contributed by atoms with Crippen LogP contribution < -0.4 is 15.6 Å². The van der Waals surface area contributed by atoms with Crippen molar-refractivity contribution in [2.75, 3.05) is 19.0 Å². The van der Waals surface area contributed by atoms with Crippen molar-refractivity contribution < 1.29 is 14.3 Å². The number of amides is 2. The number of carbonyl (C=O) groups is 2. The third-order valence-corrected chi connectivity index (χ3v) is 6.56. The van der Waals surface area contributed by atoms with Crippen molar-refractivity contribution in [2.45, 2.75) is 6.92 Å². The smallest absolute Gasteiger partial charge is 0.297 e. The lowest BCUT2D eigenvalue weighted by molar-refractivity contribution is -0.122. The molecule has 10 heteroatoms. The molecular weight excluding hydrogens is 478 g/mol. The van der Waals surface area contributed by atoms with Gasteiger partial charge in [-0.3, -0.25) is 24.0 Å². The van der Waals surface area contributed by atoms with E-state index in [1.54, 1.807) is 56.1 Å². The van der Waals surface area contributed by atoms with Gasteiger partial charge in [-0.2, -0.15) is 0 Å². The minimum absolute atomic E-state index is 0.181. The van der Waals surface area contributed by atoms with Crippen LogP contribution in [0.3, 0.4) is 0 Å². The highest BCUT2D eigenvalue weighted by atomic mass is 32.2. The Labute approximate surface area is 212 Å². The van der Waals surface area contributed by atoms with Crippen LogP contribution in [-0.2, 0) is 16.6 Å². The van der Waals surface area contributed by atoms with Crippen LogP contribution in [0.4, 0.5) is 11.4 Å². The summed E-state index contributed by atoms with van der Waals surface area (Å²) < 4.78 is 8.36. The van der Waals surface area contributed by atoms with Crippen LogP contribution >= 0.6 is 11.8 Å². The fraction of sp³-hybridized carbons (Fsp3) is 0.154. The Bertz CT molecular complexity index is 1440. The van der Waals surface area contributed by atoms with E-state index in [1.807, 2.05) is 30.3 Å². The predicted octanol–water partition coefficient (Wildman–Crippen LogP) is 3.76. The van der Waals surface area contributed by atoms with Crippen molar-refractivity contribution >= 4 is 40.1 Å². The highest BCUT2D eigenvalue weighted by Gasteiger charge is 2.34. The number of rotatable bonds is 7. The Morgan fingerprint density at radius 3 is 2.47 bits per heavy atom. The Balaban J connectivity index is 1.65. The number of hydrogen-bond donors (Lipinski definition) is 1. The van der Waals surface area contributed by atoms with Crippen LogP contribution in [0.25, 0.3) is 5.69 Å². The van der Waals surface area contributed by atoms with E-state index in [0.717, 1.165) is 11.8 Å². The summed E-state index contributed by atoms with van der Waals surface area (Å²) >= 11 is 1.04. The number of ether oxygens (including phenoxy) is 1. The van der Waals surface area contributed by atoms with E-state index >= 15 is 0 Å². The monoisotopic (exact) mass is 503 g/mol. The normalized spacial score (nSPS) is 15.5. The molecule has 1 fully saturated rings. The topological polar surface area (TPSA) is 97.9 Å². The van der Waals surface area contributed by atoms with Crippen LogP contribution in [0, 0.1) is 6.92 Å². The van der Waals surface area contributed by atoms with Gasteiger partial charge in [0.2, 0.25) is 5.91 Å². The van der Waals surface area contributed by atoms with E-state index in [9.17, 15) is 14.4 Å². The van der Waals surface area contributed by atoms with E-state index in [0.29, 0.717) is 28.0 Å². The van der Waals surface area contributed by atoms with Gasteiger partial charge in [-0.1, -0.05) is 24.3 Å². The molecular formula is C26H25N5O4S. The number of carbonyl (C=O) groups excluding carboxylic acids is 2. The SMILES string of the molecule is C=CCN1C(=O)C(=CC(=O)Nc2ccc(OC)cc2)SC1=Nc1c(C)n(C)n(-c2ccccc2)c1=O. The van der Waals surface area contributed by atoms with Crippen LogP contribution in [0.2, 0.25) is 0 Å². The number of methoxy groups -OCH3 is 1. The zero-order valence-electron chi connectivity index (χ0n) is 20.1. The number of thioether (sulfide) groups is 1. The summed E-state index contributed by atoms with van der Waals surface area (Å²) in [4.78, 5) is 45.1. The molecule has 9 nitrogen and oxygen atoms in total. The van der Waals surface area contributed by atoms with Crippen LogP contribution in [0.1, 0.15) is 5.69 Å². The average Bonchev–Trinajstić information content (AvgIpc) is 3.27. The summed E-state index contributed by atoms with van der Waals surface area (Å²) in [5, 5.41) is 3.03. The first-order chi connectivity index (χ1) is 17.3. The summed E-state index contributed by atoms with van der Waals surface area (Å²) in [5.74, 6) is -0.185. The minimum Gasteiger partial charge on any atom is -0.497 e. The quantitative estimate of drug-likeness (QED) is 0.391. The van der Waals surface area contributed by atoms with E-state index in [2.05, 4.69) is 16.9 Å². The lowest BCUT2D eigenvalue weighted by Crippen LogP contribution is -2.29. The van der Waals surface area contributed by atoms with Crippen molar-refractivity contribution in [1.82, 2.24) is 14.3 Å². The van der Waals surface area contributed by atoms with Gasteiger partial charge in [0.25, 0.3) is 11.5 Å². The van der Waals surface area contributed by atoms with Crippen LogP contribution in [0.5, 0.6) is 5.75 Å². The van der Waals surface area contributed by atoms with Crippen molar-refractivity contribution in [3.63, 3.8) is 0 Å². The molecule has 1 aliphatic rings. The second-order valence-electron chi connectivity index (χ2n) is 7.84. The molecule has 3 aromatic rings. The number of para-hydroxylation sites is 1. The Kier molecular flexibility index (Phi) is 7.25. The maximum atomic E-state index is 13.3. The molecule has 0 radical (unpaired) electrons. The lowest BCUT2D eigenvalue weighted by Gasteiger charge is -2.12. The number of aliphatic imine (C=N–C) groups is 1. The molecule has 2 heterocycles. The molecule has 4 rings (SSSR count). The zero-order valence-corrected chi connectivity index (χ0v) is 20.9. The second-order valence-corrected chi connectivity index (χ2v) is 8.85. The van der Waals surface area contributed by atoms with Gasteiger partial charge in [0, 0.05) is 25.4 Å². The van der Waals surface area contributed by atoms with Gasteiger partial charge in [-0.05, 0) is 55.1 Å². The number of nitrogens with one attached hydrogen (secondary N) is 1. The standard InChI is InChI=1S/C26H25N5O4S/c1-5-15-30-24(33)21(16-22(32)27-18-11-13-20(35-4)14-12-18)36-26(30)28-23-17(2)29(3)31(25(23)34)19-9-7-6-8-10-19/h5-14,16H,1,15H2,2-4H3,(H,27,32). The summed E-state index contributed by atoms with van der Waals surface area (Å²) in [6.45, 7) is 5.68. The second kappa shape index (κ2) is 10.5. The van der Waals surface area contributed by atoms with E-state index in [1.165, 1.54) is 15.7 Å². The van der Waals surface area contributed by atoms with Crippen molar-refractivity contribution in [3.8, 4) is 11.4 Å². The Morgan fingerprint density at radius 1 is 1.14 bits per heavy atom. The van der Waals surface area contributed by atoms with Gasteiger partial charge < -0.3 is 10.1 Å². The van der Waals surface area contributed by atoms with E-state index < -0.39 is 5.91 Å². The molecule has 2 amide bonds. The lowest BCUT2D eigenvalue weighted by atomic mass is 10.3. The largest absolute Gasteiger partial charge is 0.497 e. The minimum atomic E-state index is -0.460. The van der Waals surface area contributed by atoms with Crippen molar-refractivity contribution in [3.05, 3.63) is 94.3 Å². The van der Waals surface area contributed by atoms with Gasteiger partial charge >= 0.3 is 0 Å². The van der Waals surface area contributed by atoms with Gasteiger partial charge in [-0.15, -0.1) is 6.58 Å². The average molecular weight is 504 g/mol. The van der Waals surface area contributed by atoms with Gasteiger partial charge in [0.15, 0.2) is 10.9 Å². The predicted molar refractivity (Wildman–Crippen MR) is 142 cm³/mol. The molecule has 0 saturated carbocycles. The molecule has 184 valence electrons. The molecule has 0 aliphatic carbocycles. The first-order valence-corrected chi connectivity index (χ1v) is 11.9. The molecule has 0 atom stereocenters. The van der Waals surface area contributed by atoms with Gasteiger partial charge in [0.05, 0.1) is 23.4 Å². The molecule has 1 aromatic heterocycles. The summed E-state index contributed by atoms with van der Waals surface area (Å²) in [7, 11) is 3.33. The molecule has 0 unspecified atom stereocenters. The van der Waals surface area contributed by atoms with Crippen LogP contribution in [0.15, 0.2) is 88.0 Å². The third kappa shape index (κ3) is 4.89. The van der Waals surface area contributed by atoms with Crippen molar-refractivity contribution in [1.29, 1.82) is 0 Å². The molecule has 0 bridgehead atoms. The van der Waals surface area contributed by atoms with Crippen molar-refractivity contribution in [2.24, 2.45) is 12.0 Å². The third-order valence-electron chi connectivity index (χ3n) is 5.55. The van der Waals surface area contributed by atoms with E-state index in [4.69, 9.17) is 4.74 Å². The summed E-state index contributed by atoms with van der Waals surface area (Å²) in [6.07, 6.45) is 2.80. The molecule has 2 aromatic carbocycles. The molecule has 1 N–H and O–H groups in total. The number of nitrogens with zero attached hydrogens (tertiary/aromatic N) is 4. The Hall–Kier alpha value is -4.31. The first-order valence-electron chi connectivity index (χ1n) is 11.0.